The van der Waals surface area contributed by atoms with Gasteiger partial charge < -0.3 is 10.6 Å². The second-order valence-corrected chi connectivity index (χ2v) is 6.40. The third-order valence-corrected chi connectivity index (χ3v) is 3.87. The monoisotopic (exact) mass is 339 g/mol. The molecule has 0 atom stereocenters. The molecule has 0 aliphatic rings. The lowest BCUT2D eigenvalue weighted by Gasteiger charge is -2.17. The number of rotatable bonds is 6. The smallest absolute Gasteiger partial charge is 0.238 e. The lowest BCUT2D eigenvalue weighted by atomic mass is 10.1. The summed E-state index contributed by atoms with van der Waals surface area (Å²) in [5.41, 5.74) is 4.73. The molecular formula is C20H25N3O2. The molecule has 0 heterocycles. The molecular weight excluding hydrogens is 314 g/mol. The molecule has 0 bridgehead atoms. The molecule has 2 N–H and O–H groups in total. The van der Waals surface area contributed by atoms with Crippen LogP contribution in [0.25, 0.3) is 0 Å². The van der Waals surface area contributed by atoms with Crippen molar-refractivity contribution < 1.29 is 9.59 Å². The van der Waals surface area contributed by atoms with E-state index in [1.54, 1.807) is 11.9 Å². The Balaban J connectivity index is 1.86. The van der Waals surface area contributed by atoms with Gasteiger partial charge in [-0.15, -0.1) is 0 Å². The molecule has 0 spiro atoms. The molecule has 2 rings (SSSR count). The van der Waals surface area contributed by atoms with Crippen molar-refractivity contribution in [1.82, 2.24) is 4.90 Å². The van der Waals surface area contributed by atoms with Crippen molar-refractivity contribution in [3.63, 3.8) is 0 Å². The zero-order valence-corrected chi connectivity index (χ0v) is 15.2. The molecule has 0 saturated carbocycles. The Labute approximate surface area is 149 Å². The van der Waals surface area contributed by atoms with Crippen LogP contribution in [0.5, 0.6) is 0 Å². The van der Waals surface area contributed by atoms with Crippen molar-refractivity contribution in [3.8, 4) is 0 Å². The zero-order valence-electron chi connectivity index (χ0n) is 15.2. The first-order chi connectivity index (χ1) is 11.8. The Morgan fingerprint density at radius 1 is 0.880 bits per heavy atom. The number of likely N-dealkylation sites (N-methyl/N-ethyl adjacent to an activating group) is 1. The van der Waals surface area contributed by atoms with Gasteiger partial charge in [-0.25, -0.2) is 0 Å². The number of hydrogen-bond acceptors (Lipinski definition) is 3. The number of nitrogens with one attached hydrogen (secondary N) is 2. The summed E-state index contributed by atoms with van der Waals surface area (Å²) in [6, 6.07) is 13.5. The van der Waals surface area contributed by atoms with Gasteiger partial charge in [0.1, 0.15) is 0 Å². The molecule has 0 unspecified atom stereocenters. The first-order valence-electron chi connectivity index (χ1n) is 8.26. The predicted octanol–water partition coefficient (Wildman–Crippen LogP) is 3.12. The molecule has 0 radical (unpaired) electrons. The van der Waals surface area contributed by atoms with Crippen LogP contribution in [0.3, 0.4) is 0 Å². The van der Waals surface area contributed by atoms with Gasteiger partial charge in [0, 0.05) is 11.4 Å². The Morgan fingerprint density at radius 2 is 1.44 bits per heavy atom. The number of anilines is 2. The van der Waals surface area contributed by atoms with Gasteiger partial charge in [-0.2, -0.15) is 0 Å². The molecule has 0 aliphatic carbocycles. The highest BCUT2D eigenvalue weighted by molar-refractivity contribution is 5.95. The van der Waals surface area contributed by atoms with E-state index in [0.29, 0.717) is 0 Å². The van der Waals surface area contributed by atoms with Crippen LogP contribution < -0.4 is 10.6 Å². The third kappa shape index (κ3) is 5.72. The Kier molecular flexibility index (Phi) is 6.31. The van der Waals surface area contributed by atoms with Crippen molar-refractivity contribution in [3.05, 3.63) is 59.2 Å². The van der Waals surface area contributed by atoms with Crippen LogP contribution in [-0.4, -0.2) is 36.9 Å². The van der Waals surface area contributed by atoms with E-state index < -0.39 is 0 Å². The van der Waals surface area contributed by atoms with Crippen molar-refractivity contribution in [2.24, 2.45) is 0 Å². The minimum atomic E-state index is -0.145. The fourth-order valence-electron chi connectivity index (χ4n) is 2.66. The number of nitrogens with zero attached hydrogens (tertiary/aromatic N) is 1. The van der Waals surface area contributed by atoms with Crippen molar-refractivity contribution in [1.29, 1.82) is 0 Å². The van der Waals surface area contributed by atoms with Crippen LogP contribution in [0.2, 0.25) is 0 Å². The molecule has 2 aromatic carbocycles. The number of aryl methyl sites for hydroxylation is 3. The van der Waals surface area contributed by atoms with Crippen molar-refractivity contribution in [2.75, 3.05) is 30.8 Å². The molecule has 0 aromatic heterocycles. The first-order valence-corrected chi connectivity index (χ1v) is 8.26. The van der Waals surface area contributed by atoms with E-state index in [9.17, 15) is 9.59 Å². The standard InChI is InChI=1S/C20H25N3O2/c1-14-7-5-10-17(11-14)21-18(24)12-23(4)13-19(25)22-20-15(2)8-6-9-16(20)3/h5-11H,12-13H2,1-4H3,(H,21,24)(H,22,25). The summed E-state index contributed by atoms with van der Waals surface area (Å²) in [7, 11) is 1.75. The molecule has 5 heteroatoms. The van der Waals surface area contributed by atoms with E-state index in [0.717, 1.165) is 28.1 Å². The van der Waals surface area contributed by atoms with Crippen LogP contribution in [0.4, 0.5) is 11.4 Å². The number of para-hydroxylation sites is 1. The Hall–Kier alpha value is -2.66. The van der Waals surface area contributed by atoms with E-state index in [4.69, 9.17) is 0 Å². The van der Waals surface area contributed by atoms with Crippen molar-refractivity contribution in [2.45, 2.75) is 20.8 Å². The Morgan fingerprint density at radius 3 is 2.04 bits per heavy atom. The van der Waals surface area contributed by atoms with E-state index in [1.165, 1.54) is 0 Å². The van der Waals surface area contributed by atoms with Gasteiger partial charge in [-0.1, -0.05) is 30.3 Å². The maximum atomic E-state index is 12.2. The second kappa shape index (κ2) is 8.44. The minimum absolute atomic E-state index is 0.136. The number of hydrogen-bond donors (Lipinski definition) is 2. The van der Waals surface area contributed by atoms with Crippen molar-refractivity contribution >= 4 is 23.2 Å². The molecule has 2 amide bonds. The van der Waals surface area contributed by atoms with Gasteiger partial charge in [0.05, 0.1) is 13.1 Å². The second-order valence-electron chi connectivity index (χ2n) is 6.40. The molecule has 2 aromatic rings. The predicted molar refractivity (Wildman–Crippen MR) is 102 cm³/mol. The van der Waals surface area contributed by atoms with Gasteiger partial charge in [0.25, 0.3) is 0 Å². The van der Waals surface area contributed by atoms with Crippen LogP contribution in [-0.2, 0) is 9.59 Å². The third-order valence-electron chi connectivity index (χ3n) is 3.87. The fourth-order valence-corrected chi connectivity index (χ4v) is 2.66. The average Bonchev–Trinajstić information content (AvgIpc) is 2.50. The van der Waals surface area contributed by atoms with Gasteiger partial charge in [0.2, 0.25) is 11.8 Å². The van der Waals surface area contributed by atoms with E-state index in [2.05, 4.69) is 10.6 Å². The van der Waals surface area contributed by atoms with Gasteiger partial charge in [0.15, 0.2) is 0 Å². The maximum absolute atomic E-state index is 12.2. The lowest BCUT2D eigenvalue weighted by molar-refractivity contribution is -0.119. The number of carbonyl (C=O) groups excluding carboxylic acids is 2. The summed E-state index contributed by atoms with van der Waals surface area (Å²) in [6.07, 6.45) is 0. The lowest BCUT2D eigenvalue weighted by Crippen LogP contribution is -2.36. The topological polar surface area (TPSA) is 61.4 Å². The SMILES string of the molecule is Cc1cccc(NC(=O)CN(C)CC(=O)Nc2c(C)cccc2C)c1. The van der Waals surface area contributed by atoms with E-state index >= 15 is 0 Å². The molecule has 0 fully saturated rings. The largest absolute Gasteiger partial charge is 0.325 e. The summed E-state index contributed by atoms with van der Waals surface area (Å²) in [6.45, 7) is 6.19. The number of carbonyl (C=O) groups is 2. The maximum Gasteiger partial charge on any atom is 0.238 e. The fraction of sp³-hybridized carbons (Fsp3) is 0.300. The molecule has 25 heavy (non-hydrogen) atoms. The highest BCUT2D eigenvalue weighted by Crippen LogP contribution is 2.19. The van der Waals surface area contributed by atoms with Gasteiger partial charge in [-0.3, -0.25) is 14.5 Å². The molecule has 132 valence electrons. The average molecular weight is 339 g/mol. The van der Waals surface area contributed by atoms with Crippen LogP contribution in [0.1, 0.15) is 16.7 Å². The van der Waals surface area contributed by atoms with Crippen LogP contribution >= 0.6 is 0 Å². The molecule has 0 saturated heterocycles. The highest BCUT2D eigenvalue weighted by Gasteiger charge is 2.13. The first kappa shape index (κ1) is 18.7. The summed E-state index contributed by atoms with van der Waals surface area (Å²) in [4.78, 5) is 26.0. The number of benzene rings is 2. The Bertz CT molecular complexity index is 751. The van der Waals surface area contributed by atoms with Gasteiger partial charge >= 0.3 is 0 Å². The molecule has 0 aliphatic heterocycles. The summed E-state index contributed by atoms with van der Waals surface area (Å²) in [5.74, 6) is -0.281. The normalized spacial score (nSPS) is 10.6. The summed E-state index contributed by atoms with van der Waals surface area (Å²) >= 11 is 0. The zero-order chi connectivity index (χ0) is 18.4. The summed E-state index contributed by atoms with van der Waals surface area (Å²) in [5, 5.41) is 5.77. The van der Waals surface area contributed by atoms with Crippen LogP contribution in [0, 0.1) is 20.8 Å². The highest BCUT2D eigenvalue weighted by atomic mass is 16.2. The van der Waals surface area contributed by atoms with E-state index in [-0.39, 0.29) is 24.9 Å². The van der Waals surface area contributed by atoms with Gasteiger partial charge in [-0.05, 0) is 56.6 Å². The molecule has 5 nitrogen and oxygen atoms in total. The van der Waals surface area contributed by atoms with Crippen LogP contribution in [0.15, 0.2) is 42.5 Å². The quantitative estimate of drug-likeness (QED) is 0.850. The summed E-state index contributed by atoms with van der Waals surface area (Å²) < 4.78 is 0. The number of amides is 2. The van der Waals surface area contributed by atoms with E-state index in [1.807, 2.05) is 63.2 Å². The minimum Gasteiger partial charge on any atom is -0.325 e.